The van der Waals surface area contributed by atoms with E-state index >= 15 is 0 Å². The summed E-state index contributed by atoms with van der Waals surface area (Å²) in [4.78, 5) is 25.6. The lowest BCUT2D eigenvalue weighted by Gasteiger charge is -2.12. The lowest BCUT2D eigenvalue weighted by molar-refractivity contribution is -0.122. The van der Waals surface area contributed by atoms with Gasteiger partial charge >= 0.3 is 0 Å². The van der Waals surface area contributed by atoms with Crippen molar-refractivity contribution in [3.8, 4) is 5.75 Å². The van der Waals surface area contributed by atoms with E-state index in [1.807, 2.05) is 36.0 Å². The maximum Gasteiger partial charge on any atom is 0.259 e. The maximum absolute atomic E-state index is 12.8. The topological polar surface area (TPSA) is 113 Å². The lowest BCUT2D eigenvalue weighted by atomic mass is 9.95. The molecule has 3 aromatic rings. The van der Waals surface area contributed by atoms with E-state index in [1.54, 1.807) is 31.4 Å². The van der Waals surface area contributed by atoms with Gasteiger partial charge < -0.3 is 24.8 Å². The standard InChI is InChI=1S/C23H23N3O5/c1-26-11-18(17-9-16(31-2)6-7-19(17)26)21-20(22(29)25-23(21)30)13-4-3-5-14(8-13)24-10-15(28)12-27/h3-9,11,15,24,27-28H,10,12H2,1-2H3,(H,25,29,30). The van der Waals surface area contributed by atoms with Gasteiger partial charge in [-0.3, -0.25) is 14.9 Å². The van der Waals surface area contributed by atoms with E-state index in [-0.39, 0.29) is 18.7 Å². The summed E-state index contributed by atoms with van der Waals surface area (Å²) in [5, 5.41) is 24.8. The van der Waals surface area contributed by atoms with Crippen molar-refractivity contribution in [2.45, 2.75) is 6.10 Å². The van der Waals surface area contributed by atoms with Crippen LogP contribution in [0.2, 0.25) is 0 Å². The van der Waals surface area contributed by atoms with Crippen LogP contribution in [-0.4, -0.2) is 53.0 Å². The highest BCUT2D eigenvalue weighted by atomic mass is 16.5. The van der Waals surface area contributed by atoms with E-state index in [1.165, 1.54) is 0 Å². The third kappa shape index (κ3) is 3.78. The SMILES string of the molecule is COc1ccc2c(c1)c(C1=C(c3cccc(NCC(O)CO)c3)C(=O)NC1=O)cn2C. The number of amides is 2. The second-order valence-electron chi connectivity index (χ2n) is 7.37. The first-order valence-electron chi connectivity index (χ1n) is 9.79. The van der Waals surface area contributed by atoms with Gasteiger partial charge in [0.05, 0.1) is 31.0 Å². The predicted molar refractivity (Wildman–Crippen MR) is 117 cm³/mol. The van der Waals surface area contributed by atoms with E-state index in [4.69, 9.17) is 9.84 Å². The highest BCUT2D eigenvalue weighted by molar-refractivity contribution is 6.50. The molecule has 2 amide bonds. The van der Waals surface area contributed by atoms with Gasteiger partial charge in [-0.1, -0.05) is 12.1 Å². The van der Waals surface area contributed by atoms with Crippen LogP contribution >= 0.6 is 0 Å². The number of rotatable bonds is 7. The van der Waals surface area contributed by atoms with Crippen molar-refractivity contribution in [1.82, 2.24) is 9.88 Å². The number of methoxy groups -OCH3 is 1. The molecule has 0 saturated carbocycles. The van der Waals surface area contributed by atoms with Crippen LogP contribution in [0.4, 0.5) is 5.69 Å². The molecule has 0 aliphatic carbocycles. The fraction of sp³-hybridized carbons (Fsp3) is 0.217. The van der Waals surface area contributed by atoms with Gasteiger partial charge in [0.1, 0.15) is 5.75 Å². The number of hydrogen-bond donors (Lipinski definition) is 4. The fourth-order valence-electron chi connectivity index (χ4n) is 3.77. The molecule has 2 heterocycles. The van der Waals surface area contributed by atoms with Crippen LogP contribution in [-0.2, 0) is 16.6 Å². The van der Waals surface area contributed by atoms with Crippen molar-refractivity contribution in [3.63, 3.8) is 0 Å². The van der Waals surface area contributed by atoms with Crippen molar-refractivity contribution in [2.75, 3.05) is 25.6 Å². The molecule has 4 rings (SSSR count). The van der Waals surface area contributed by atoms with E-state index in [2.05, 4.69) is 10.6 Å². The molecular weight excluding hydrogens is 398 g/mol. The van der Waals surface area contributed by atoms with Crippen LogP contribution in [0.25, 0.3) is 22.0 Å². The van der Waals surface area contributed by atoms with Crippen molar-refractivity contribution >= 4 is 39.6 Å². The molecule has 31 heavy (non-hydrogen) atoms. The summed E-state index contributed by atoms with van der Waals surface area (Å²) >= 11 is 0. The Kier molecular flexibility index (Phi) is 5.50. The average molecular weight is 421 g/mol. The summed E-state index contributed by atoms with van der Waals surface area (Å²) in [7, 11) is 3.46. The summed E-state index contributed by atoms with van der Waals surface area (Å²) in [5.41, 5.74) is 3.36. The zero-order valence-corrected chi connectivity index (χ0v) is 17.2. The van der Waals surface area contributed by atoms with Gasteiger partial charge in [0.25, 0.3) is 11.8 Å². The molecule has 1 aliphatic heterocycles. The Bertz CT molecular complexity index is 1210. The molecule has 8 nitrogen and oxygen atoms in total. The van der Waals surface area contributed by atoms with E-state index in [0.29, 0.717) is 28.1 Å². The Morgan fingerprint density at radius 2 is 1.90 bits per heavy atom. The van der Waals surface area contributed by atoms with Crippen molar-refractivity contribution in [3.05, 3.63) is 59.8 Å². The molecule has 0 saturated heterocycles. The Hall–Kier alpha value is -3.62. The van der Waals surface area contributed by atoms with Gasteiger partial charge in [-0.2, -0.15) is 0 Å². The smallest absolute Gasteiger partial charge is 0.259 e. The van der Waals surface area contributed by atoms with E-state index in [0.717, 1.165) is 10.9 Å². The number of aliphatic hydroxyl groups is 2. The van der Waals surface area contributed by atoms with Gasteiger partial charge in [-0.05, 0) is 35.9 Å². The summed E-state index contributed by atoms with van der Waals surface area (Å²) < 4.78 is 7.24. The largest absolute Gasteiger partial charge is 0.497 e. The molecule has 1 unspecified atom stereocenters. The van der Waals surface area contributed by atoms with Crippen LogP contribution in [0.3, 0.4) is 0 Å². The molecule has 4 N–H and O–H groups in total. The molecule has 1 atom stereocenters. The lowest BCUT2D eigenvalue weighted by Crippen LogP contribution is -2.23. The Balaban J connectivity index is 1.85. The fourth-order valence-corrected chi connectivity index (χ4v) is 3.77. The predicted octanol–water partition coefficient (Wildman–Crippen LogP) is 1.52. The van der Waals surface area contributed by atoms with Gasteiger partial charge in [-0.15, -0.1) is 0 Å². The zero-order valence-electron chi connectivity index (χ0n) is 17.2. The second-order valence-corrected chi connectivity index (χ2v) is 7.37. The number of nitrogens with one attached hydrogen (secondary N) is 2. The summed E-state index contributed by atoms with van der Waals surface area (Å²) in [5.74, 6) is -0.266. The van der Waals surface area contributed by atoms with Gasteiger partial charge in [0, 0.05) is 41.9 Å². The first kappa shape index (κ1) is 20.6. The monoisotopic (exact) mass is 421 g/mol. The van der Waals surface area contributed by atoms with Crippen LogP contribution in [0.5, 0.6) is 5.75 Å². The van der Waals surface area contributed by atoms with E-state index in [9.17, 15) is 14.7 Å². The quantitative estimate of drug-likeness (QED) is 0.430. The number of aryl methyl sites for hydroxylation is 1. The molecule has 1 aromatic heterocycles. The Morgan fingerprint density at radius 1 is 1.13 bits per heavy atom. The molecule has 0 radical (unpaired) electrons. The number of aromatic nitrogens is 1. The van der Waals surface area contributed by atoms with Gasteiger partial charge in [0.2, 0.25) is 0 Å². The van der Waals surface area contributed by atoms with Crippen LogP contribution in [0, 0.1) is 0 Å². The number of carbonyl (C=O) groups is 2. The van der Waals surface area contributed by atoms with E-state index < -0.39 is 17.9 Å². The molecule has 0 fully saturated rings. The van der Waals surface area contributed by atoms with Crippen LogP contribution < -0.4 is 15.4 Å². The number of ether oxygens (including phenoxy) is 1. The molecule has 8 heteroatoms. The third-order valence-corrected chi connectivity index (χ3v) is 5.30. The molecule has 0 bridgehead atoms. The number of benzene rings is 2. The minimum absolute atomic E-state index is 0.153. The zero-order chi connectivity index (χ0) is 22.1. The highest BCUT2D eigenvalue weighted by Gasteiger charge is 2.34. The first-order chi connectivity index (χ1) is 14.9. The second kappa shape index (κ2) is 8.25. The minimum atomic E-state index is -0.902. The van der Waals surface area contributed by atoms with Crippen LogP contribution in [0.1, 0.15) is 11.1 Å². The number of aliphatic hydroxyl groups excluding tert-OH is 2. The number of imide groups is 1. The number of nitrogens with zero attached hydrogens (tertiary/aromatic N) is 1. The molecule has 0 spiro atoms. The summed E-state index contributed by atoms with van der Waals surface area (Å²) in [6.45, 7) is -0.205. The van der Waals surface area contributed by atoms with Gasteiger partial charge in [0.15, 0.2) is 0 Å². The summed E-state index contributed by atoms with van der Waals surface area (Å²) in [6.07, 6.45) is 0.928. The molecule has 160 valence electrons. The average Bonchev–Trinajstić information content (AvgIpc) is 3.26. The molecule has 2 aromatic carbocycles. The first-order valence-corrected chi connectivity index (χ1v) is 9.79. The minimum Gasteiger partial charge on any atom is -0.497 e. The maximum atomic E-state index is 12.8. The number of anilines is 1. The number of fused-ring (bicyclic) bond motifs is 1. The number of hydrogen-bond acceptors (Lipinski definition) is 6. The molecule has 1 aliphatic rings. The van der Waals surface area contributed by atoms with Gasteiger partial charge in [-0.25, -0.2) is 0 Å². The molecular formula is C23H23N3O5. The number of carbonyl (C=O) groups excluding carboxylic acids is 2. The Morgan fingerprint density at radius 3 is 2.65 bits per heavy atom. The van der Waals surface area contributed by atoms with Crippen molar-refractivity contribution in [2.24, 2.45) is 7.05 Å². The van der Waals surface area contributed by atoms with Crippen molar-refractivity contribution < 1.29 is 24.5 Å². The van der Waals surface area contributed by atoms with Crippen molar-refractivity contribution in [1.29, 1.82) is 0 Å². The normalized spacial score (nSPS) is 14.8. The highest BCUT2D eigenvalue weighted by Crippen LogP contribution is 2.37. The summed E-state index contributed by atoms with van der Waals surface area (Å²) in [6, 6.07) is 12.6. The Labute approximate surface area is 178 Å². The third-order valence-electron chi connectivity index (χ3n) is 5.30. The van der Waals surface area contributed by atoms with Crippen LogP contribution in [0.15, 0.2) is 48.7 Å².